The SMILES string of the molecule is CN1[C@@H](CCC(=O)N2CCOCC2)CNC(=O)[C@@H]2[C@H]1CCN2Cc1ccc(O)cc1. The van der Waals surface area contributed by atoms with E-state index in [0.717, 1.165) is 24.9 Å². The molecule has 3 heterocycles. The number of nitrogens with zero attached hydrogens (tertiary/aromatic N) is 3. The number of nitrogens with one attached hydrogen (secondary N) is 1. The molecule has 8 heteroatoms. The molecule has 3 aliphatic heterocycles. The van der Waals surface area contributed by atoms with Crippen LogP contribution in [0.3, 0.4) is 0 Å². The number of carbonyl (C=O) groups excluding carboxylic acids is 2. The summed E-state index contributed by atoms with van der Waals surface area (Å²) in [6.07, 6.45) is 2.17. The summed E-state index contributed by atoms with van der Waals surface area (Å²) in [6.45, 7) is 4.69. The van der Waals surface area contributed by atoms with Crippen LogP contribution >= 0.6 is 0 Å². The highest BCUT2D eigenvalue weighted by atomic mass is 16.5. The van der Waals surface area contributed by atoms with E-state index in [2.05, 4.69) is 22.2 Å². The van der Waals surface area contributed by atoms with Crippen LogP contribution < -0.4 is 5.32 Å². The molecule has 1 aromatic carbocycles. The summed E-state index contributed by atoms with van der Waals surface area (Å²) in [4.78, 5) is 31.9. The highest BCUT2D eigenvalue weighted by Crippen LogP contribution is 2.29. The predicted molar refractivity (Wildman–Crippen MR) is 112 cm³/mol. The first-order valence-electron chi connectivity index (χ1n) is 10.9. The van der Waals surface area contributed by atoms with Crippen LogP contribution in [0.15, 0.2) is 24.3 Å². The number of likely N-dealkylation sites (tertiary alicyclic amines) is 1. The Morgan fingerprint density at radius 1 is 1.20 bits per heavy atom. The molecular weight excluding hydrogens is 384 g/mol. The van der Waals surface area contributed by atoms with Gasteiger partial charge < -0.3 is 20.1 Å². The standard InChI is InChI=1S/C22H32N4O4/c1-24-17(4-7-20(28)25-10-12-30-13-11-25)14-23-22(29)21-19(24)8-9-26(21)15-16-2-5-18(27)6-3-16/h2-3,5-6,17,19,21,27H,4,7-15H2,1H3,(H,23,29)/t17-,19+,21-/m0/s1. The number of phenolic OH excluding ortho intramolecular Hbond substituents is 1. The number of carbonyl (C=O) groups is 2. The molecule has 30 heavy (non-hydrogen) atoms. The predicted octanol–water partition coefficient (Wildman–Crippen LogP) is 0.404. The van der Waals surface area contributed by atoms with Crippen LogP contribution in [0.25, 0.3) is 0 Å². The molecule has 164 valence electrons. The number of fused-ring (bicyclic) bond motifs is 1. The third-order valence-corrected chi connectivity index (χ3v) is 6.73. The van der Waals surface area contributed by atoms with Crippen LogP contribution in [-0.4, -0.2) is 96.2 Å². The minimum absolute atomic E-state index is 0.0742. The van der Waals surface area contributed by atoms with E-state index < -0.39 is 0 Å². The van der Waals surface area contributed by atoms with Gasteiger partial charge in [-0.3, -0.25) is 19.4 Å². The molecule has 0 saturated carbocycles. The zero-order valence-corrected chi connectivity index (χ0v) is 17.6. The topological polar surface area (TPSA) is 85.4 Å². The number of hydrogen-bond donors (Lipinski definition) is 2. The number of likely N-dealkylation sites (N-methyl/N-ethyl adjacent to an activating group) is 1. The summed E-state index contributed by atoms with van der Waals surface area (Å²) in [5, 5.41) is 12.6. The fraction of sp³-hybridized carbons (Fsp3) is 0.636. The zero-order valence-electron chi connectivity index (χ0n) is 17.6. The van der Waals surface area contributed by atoms with Gasteiger partial charge in [0.2, 0.25) is 11.8 Å². The third-order valence-electron chi connectivity index (χ3n) is 6.73. The van der Waals surface area contributed by atoms with Gasteiger partial charge in [-0.05, 0) is 37.6 Å². The summed E-state index contributed by atoms with van der Waals surface area (Å²) >= 11 is 0. The highest BCUT2D eigenvalue weighted by molar-refractivity contribution is 5.83. The van der Waals surface area contributed by atoms with Crippen molar-refractivity contribution < 1.29 is 19.4 Å². The lowest BCUT2D eigenvalue weighted by Gasteiger charge is -2.33. The third kappa shape index (κ3) is 4.61. The Hall–Kier alpha value is -2.16. The monoisotopic (exact) mass is 416 g/mol. The molecule has 0 radical (unpaired) electrons. The van der Waals surface area contributed by atoms with Gasteiger partial charge in [-0.1, -0.05) is 12.1 Å². The fourth-order valence-corrected chi connectivity index (χ4v) is 4.92. The van der Waals surface area contributed by atoms with E-state index in [1.165, 1.54) is 0 Å². The number of morpholine rings is 1. The second-order valence-corrected chi connectivity index (χ2v) is 8.53. The van der Waals surface area contributed by atoms with Crippen molar-refractivity contribution in [2.75, 3.05) is 46.4 Å². The van der Waals surface area contributed by atoms with Gasteiger partial charge >= 0.3 is 0 Å². The van der Waals surface area contributed by atoms with E-state index in [1.807, 2.05) is 17.0 Å². The van der Waals surface area contributed by atoms with Crippen molar-refractivity contribution in [1.82, 2.24) is 20.0 Å². The quantitative estimate of drug-likeness (QED) is 0.723. The van der Waals surface area contributed by atoms with E-state index in [9.17, 15) is 14.7 Å². The molecule has 0 aromatic heterocycles. The molecular formula is C22H32N4O4. The van der Waals surface area contributed by atoms with Crippen molar-refractivity contribution in [3.8, 4) is 5.75 Å². The summed E-state index contributed by atoms with van der Waals surface area (Å²) in [5.41, 5.74) is 1.08. The summed E-state index contributed by atoms with van der Waals surface area (Å²) in [6, 6.07) is 7.29. The fourth-order valence-electron chi connectivity index (χ4n) is 4.92. The number of aromatic hydroxyl groups is 1. The van der Waals surface area contributed by atoms with Crippen LogP contribution in [0, 0.1) is 0 Å². The van der Waals surface area contributed by atoms with Gasteiger partial charge in [0.1, 0.15) is 11.8 Å². The number of hydrogen-bond acceptors (Lipinski definition) is 6. The molecule has 0 aliphatic carbocycles. The second-order valence-electron chi connectivity index (χ2n) is 8.53. The maximum Gasteiger partial charge on any atom is 0.239 e. The summed E-state index contributed by atoms with van der Waals surface area (Å²) < 4.78 is 5.33. The maximum absolute atomic E-state index is 12.9. The van der Waals surface area contributed by atoms with E-state index in [1.54, 1.807) is 12.1 Å². The second kappa shape index (κ2) is 9.32. The number of phenols is 1. The maximum atomic E-state index is 12.9. The number of ether oxygens (including phenoxy) is 1. The van der Waals surface area contributed by atoms with Crippen molar-refractivity contribution in [2.45, 2.75) is 43.9 Å². The average Bonchev–Trinajstić information content (AvgIpc) is 3.13. The molecule has 0 unspecified atom stereocenters. The Morgan fingerprint density at radius 3 is 2.67 bits per heavy atom. The van der Waals surface area contributed by atoms with Gasteiger partial charge in [0, 0.05) is 51.2 Å². The lowest BCUT2D eigenvalue weighted by atomic mass is 10.0. The molecule has 3 saturated heterocycles. The largest absolute Gasteiger partial charge is 0.508 e. The van der Waals surface area contributed by atoms with Gasteiger partial charge in [0.15, 0.2) is 0 Å². The van der Waals surface area contributed by atoms with Crippen LogP contribution in [0.5, 0.6) is 5.75 Å². The van der Waals surface area contributed by atoms with Crippen molar-refractivity contribution in [3.05, 3.63) is 29.8 Å². The smallest absolute Gasteiger partial charge is 0.239 e. The molecule has 0 bridgehead atoms. The van der Waals surface area contributed by atoms with E-state index >= 15 is 0 Å². The molecule has 3 atom stereocenters. The van der Waals surface area contributed by atoms with Crippen molar-refractivity contribution in [3.63, 3.8) is 0 Å². The minimum atomic E-state index is -0.191. The van der Waals surface area contributed by atoms with Crippen molar-refractivity contribution in [2.24, 2.45) is 0 Å². The number of benzene rings is 1. The Bertz CT molecular complexity index is 750. The van der Waals surface area contributed by atoms with Crippen LogP contribution in [-0.2, 0) is 20.9 Å². The van der Waals surface area contributed by atoms with Crippen LogP contribution in [0.2, 0.25) is 0 Å². The molecule has 3 fully saturated rings. The van der Waals surface area contributed by atoms with Gasteiger partial charge in [0.05, 0.1) is 13.2 Å². The molecule has 0 spiro atoms. The first-order chi connectivity index (χ1) is 14.5. The van der Waals surface area contributed by atoms with Gasteiger partial charge in [0.25, 0.3) is 0 Å². The van der Waals surface area contributed by atoms with E-state index in [0.29, 0.717) is 45.8 Å². The summed E-state index contributed by atoms with van der Waals surface area (Å²) in [5.74, 6) is 0.504. The molecule has 1 aromatic rings. The lowest BCUT2D eigenvalue weighted by Crippen LogP contribution is -2.49. The van der Waals surface area contributed by atoms with Crippen LogP contribution in [0.4, 0.5) is 0 Å². The van der Waals surface area contributed by atoms with Crippen molar-refractivity contribution in [1.29, 1.82) is 0 Å². The first-order valence-corrected chi connectivity index (χ1v) is 10.9. The average molecular weight is 417 g/mol. The lowest BCUT2D eigenvalue weighted by molar-refractivity contribution is -0.135. The molecule has 3 aliphatic rings. The first kappa shape index (κ1) is 21.1. The Kier molecular flexibility index (Phi) is 6.55. The Morgan fingerprint density at radius 2 is 1.93 bits per heavy atom. The number of amides is 2. The minimum Gasteiger partial charge on any atom is -0.508 e. The van der Waals surface area contributed by atoms with E-state index in [4.69, 9.17) is 4.74 Å². The zero-order chi connectivity index (χ0) is 21.1. The molecule has 8 nitrogen and oxygen atoms in total. The van der Waals surface area contributed by atoms with Gasteiger partial charge in [-0.2, -0.15) is 0 Å². The van der Waals surface area contributed by atoms with E-state index in [-0.39, 0.29) is 35.7 Å². The molecule has 2 amide bonds. The number of rotatable bonds is 5. The van der Waals surface area contributed by atoms with Crippen molar-refractivity contribution >= 4 is 11.8 Å². The van der Waals surface area contributed by atoms with Gasteiger partial charge in [-0.25, -0.2) is 0 Å². The molecule has 4 rings (SSSR count). The highest BCUT2D eigenvalue weighted by Gasteiger charge is 2.44. The normalized spacial score (nSPS) is 28.1. The Labute approximate surface area is 177 Å². The summed E-state index contributed by atoms with van der Waals surface area (Å²) in [7, 11) is 2.09. The van der Waals surface area contributed by atoms with Gasteiger partial charge in [-0.15, -0.1) is 0 Å². The van der Waals surface area contributed by atoms with Crippen LogP contribution in [0.1, 0.15) is 24.8 Å². The molecule has 2 N–H and O–H groups in total. The Balaban J connectivity index is 1.37.